The average molecular weight is 442 g/mol. The summed E-state index contributed by atoms with van der Waals surface area (Å²) in [5.41, 5.74) is 2.34. The molecule has 0 heterocycles. The molecule has 2 aromatic rings. The van der Waals surface area contributed by atoms with Gasteiger partial charge in [-0.05, 0) is 67.0 Å². The molecule has 0 aliphatic carbocycles. The number of rotatable bonds is 10. The van der Waals surface area contributed by atoms with Crippen LogP contribution in [0.15, 0.2) is 48.5 Å². The van der Waals surface area contributed by atoms with E-state index < -0.39 is 0 Å². The SMILES string of the molecule is CCCCCOc1ccc(C(=O)NC(=S)Nc2ccc(CCC(=O)N(C)C)cc2)cc1. The number of unbranched alkanes of at least 4 members (excludes halogenated alkanes) is 2. The van der Waals surface area contributed by atoms with Crippen LogP contribution in [0.2, 0.25) is 0 Å². The lowest BCUT2D eigenvalue weighted by Gasteiger charge is -2.12. The van der Waals surface area contributed by atoms with Gasteiger partial charge in [-0.3, -0.25) is 14.9 Å². The van der Waals surface area contributed by atoms with Crippen LogP contribution in [0.4, 0.5) is 5.69 Å². The molecular formula is C24H31N3O3S. The summed E-state index contributed by atoms with van der Waals surface area (Å²) in [6.45, 7) is 2.83. The Morgan fingerprint density at radius 1 is 1.00 bits per heavy atom. The van der Waals surface area contributed by atoms with Crippen LogP contribution in [0.1, 0.15) is 48.5 Å². The van der Waals surface area contributed by atoms with Crippen LogP contribution in [-0.2, 0) is 11.2 Å². The van der Waals surface area contributed by atoms with Crippen molar-refractivity contribution in [2.45, 2.75) is 39.0 Å². The first-order valence-electron chi connectivity index (χ1n) is 10.5. The molecule has 2 rings (SSSR count). The molecule has 0 fully saturated rings. The van der Waals surface area contributed by atoms with E-state index >= 15 is 0 Å². The fourth-order valence-electron chi connectivity index (χ4n) is 2.81. The summed E-state index contributed by atoms with van der Waals surface area (Å²) in [5.74, 6) is 0.566. The summed E-state index contributed by atoms with van der Waals surface area (Å²) in [7, 11) is 3.50. The average Bonchev–Trinajstić information content (AvgIpc) is 2.76. The Morgan fingerprint density at radius 2 is 1.68 bits per heavy atom. The number of anilines is 1. The van der Waals surface area contributed by atoms with E-state index in [4.69, 9.17) is 17.0 Å². The first kappa shape index (κ1) is 24.3. The van der Waals surface area contributed by atoms with Crippen molar-refractivity contribution in [1.29, 1.82) is 0 Å². The van der Waals surface area contributed by atoms with E-state index in [9.17, 15) is 9.59 Å². The Labute approximate surface area is 190 Å². The van der Waals surface area contributed by atoms with Crippen molar-refractivity contribution in [2.75, 3.05) is 26.0 Å². The van der Waals surface area contributed by atoms with Crippen LogP contribution >= 0.6 is 12.2 Å². The topological polar surface area (TPSA) is 70.7 Å². The molecular weight excluding hydrogens is 410 g/mol. The van der Waals surface area contributed by atoms with Gasteiger partial charge in [-0.2, -0.15) is 0 Å². The number of carbonyl (C=O) groups excluding carboxylic acids is 2. The number of benzene rings is 2. The smallest absolute Gasteiger partial charge is 0.257 e. The van der Waals surface area contributed by atoms with Crippen LogP contribution in [0.5, 0.6) is 5.75 Å². The molecule has 166 valence electrons. The zero-order chi connectivity index (χ0) is 22.6. The highest BCUT2D eigenvalue weighted by Gasteiger charge is 2.09. The third kappa shape index (κ3) is 8.76. The first-order chi connectivity index (χ1) is 14.9. The number of ether oxygens (including phenoxy) is 1. The minimum Gasteiger partial charge on any atom is -0.494 e. The lowest BCUT2D eigenvalue weighted by molar-refractivity contribution is -0.128. The van der Waals surface area contributed by atoms with Gasteiger partial charge in [0.1, 0.15) is 5.75 Å². The van der Waals surface area contributed by atoms with Crippen molar-refractivity contribution in [3.05, 3.63) is 59.7 Å². The van der Waals surface area contributed by atoms with Gasteiger partial charge in [0.2, 0.25) is 5.91 Å². The molecule has 0 aliphatic heterocycles. The summed E-state index contributed by atoms with van der Waals surface area (Å²) in [6.07, 6.45) is 4.46. The minimum atomic E-state index is -0.283. The van der Waals surface area contributed by atoms with Gasteiger partial charge in [0, 0.05) is 31.8 Å². The van der Waals surface area contributed by atoms with Crippen LogP contribution in [-0.4, -0.2) is 42.5 Å². The third-order valence-corrected chi connectivity index (χ3v) is 4.90. The number of hydrogen-bond acceptors (Lipinski definition) is 4. The van der Waals surface area contributed by atoms with Gasteiger partial charge < -0.3 is 15.0 Å². The Balaban J connectivity index is 1.79. The molecule has 6 nitrogen and oxygen atoms in total. The third-order valence-electron chi connectivity index (χ3n) is 4.70. The predicted molar refractivity (Wildman–Crippen MR) is 129 cm³/mol. The molecule has 0 saturated carbocycles. The monoisotopic (exact) mass is 441 g/mol. The number of aryl methyl sites for hydroxylation is 1. The number of carbonyl (C=O) groups is 2. The molecule has 0 spiro atoms. The molecule has 2 N–H and O–H groups in total. The summed E-state index contributed by atoms with van der Waals surface area (Å²) >= 11 is 5.25. The highest BCUT2D eigenvalue weighted by Crippen LogP contribution is 2.14. The second-order valence-corrected chi connectivity index (χ2v) is 7.88. The first-order valence-corrected chi connectivity index (χ1v) is 10.9. The maximum Gasteiger partial charge on any atom is 0.257 e. The largest absolute Gasteiger partial charge is 0.494 e. The molecule has 0 unspecified atom stereocenters. The van der Waals surface area contributed by atoms with E-state index in [0.29, 0.717) is 25.0 Å². The van der Waals surface area contributed by atoms with E-state index in [-0.39, 0.29) is 16.9 Å². The fourth-order valence-corrected chi connectivity index (χ4v) is 3.02. The molecule has 0 aromatic heterocycles. The Hall–Kier alpha value is -2.93. The van der Waals surface area contributed by atoms with Crippen LogP contribution in [0.25, 0.3) is 0 Å². The summed E-state index contributed by atoms with van der Waals surface area (Å²) in [5, 5.41) is 5.91. The molecule has 0 saturated heterocycles. The van der Waals surface area contributed by atoms with E-state index in [2.05, 4.69) is 17.6 Å². The summed E-state index contributed by atoms with van der Waals surface area (Å²) < 4.78 is 5.66. The van der Waals surface area contributed by atoms with Gasteiger partial charge in [-0.1, -0.05) is 31.9 Å². The van der Waals surface area contributed by atoms with Crippen molar-refractivity contribution in [3.63, 3.8) is 0 Å². The van der Waals surface area contributed by atoms with Crippen molar-refractivity contribution in [1.82, 2.24) is 10.2 Å². The summed E-state index contributed by atoms with van der Waals surface area (Å²) in [6, 6.07) is 14.6. The van der Waals surface area contributed by atoms with Crippen LogP contribution in [0.3, 0.4) is 0 Å². The molecule has 2 aromatic carbocycles. The molecule has 31 heavy (non-hydrogen) atoms. The van der Waals surface area contributed by atoms with Gasteiger partial charge in [-0.25, -0.2) is 0 Å². The number of nitrogens with one attached hydrogen (secondary N) is 2. The number of thiocarbonyl (C=S) groups is 1. The van der Waals surface area contributed by atoms with Crippen molar-refractivity contribution >= 4 is 34.8 Å². The molecule has 0 atom stereocenters. The fraction of sp³-hybridized carbons (Fsp3) is 0.375. The molecule has 0 aliphatic rings. The van der Waals surface area contributed by atoms with Crippen molar-refractivity contribution in [3.8, 4) is 5.75 Å². The quantitative estimate of drug-likeness (QED) is 0.422. The van der Waals surface area contributed by atoms with Gasteiger partial charge in [0.05, 0.1) is 6.61 Å². The highest BCUT2D eigenvalue weighted by atomic mass is 32.1. The van der Waals surface area contributed by atoms with Gasteiger partial charge in [0.25, 0.3) is 5.91 Å². The summed E-state index contributed by atoms with van der Waals surface area (Å²) in [4.78, 5) is 25.7. The number of hydrogen-bond donors (Lipinski definition) is 2. The molecule has 0 radical (unpaired) electrons. The van der Waals surface area contributed by atoms with E-state index in [0.717, 1.165) is 36.3 Å². The molecule has 2 amide bonds. The Bertz CT molecular complexity index is 865. The van der Waals surface area contributed by atoms with E-state index in [1.165, 1.54) is 0 Å². The molecule has 7 heteroatoms. The number of nitrogens with zero attached hydrogens (tertiary/aromatic N) is 1. The van der Waals surface area contributed by atoms with E-state index in [1.54, 1.807) is 43.3 Å². The zero-order valence-electron chi connectivity index (χ0n) is 18.4. The molecule has 0 bridgehead atoms. The van der Waals surface area contributed by atoms with Gasteiger partial charge in [-0.15, -0.1) is 0 Å². The van der Waals surface area contributed by atoms with Crippen LogP contribution < -0.4 is 15.4 Å². The maximum atomic E-state index is 12.4. The van der Waals surface area contributed by atoms with Crippen molar-refractivity contribution < 1.29 is 14.3 Å². The lowest BCUT2D eigenvalue weighted by atomic mass is 10.1. The Morgan fingerprint density at radius 3 is 2.29 bits per heavy atom. The predicted octanol–water partition coefficient (Wildman–Crippen LogP) is 4.40. The van der Waals surface area contributed by atoms with Crippen molar-refractivity contribution in [2.24, 2.45) is 0 Å². The zero-order valence-corrected chi connectivity index (χ0v) is 19.3. The standard InChI is InChI=1S/C24H31N3O3S/c1-4-5-6-17-30-21-14-10-19(11-15-21)23(29)26-24(31)25-20-12-7-18(8-13-20)9-16-22(28)27(2)3/h7-8,10-15H,4-6,9,16-17H2,1-3H3,(H2,25,26,29,31). The second kappa shape index (κ2) is 12.7. The van der Waals surface area contributed by atoms with Gasteiger partial charge >= 0.3 is 0 Å². The highest BCUT2D eigenvalue weighted by molar-refractivity contribution is 7.80. The normalized spacial score (nSPS) is 10.3. The van der Waals surface area contributed by atoms with Gasteiger partial charge in [0.15, 0.2) is 5.11 Å². The minimum absolute atomic E-state index is 0.0992. The lowest BCUT2D eigenvalue weighted by Crippen LogP contribution is -2.34. The van der Waals surface area contributed by atoms with E-state index in [1.807, 2.05) is 24.3 Å². The number of amides is 2. The Kier molecular flexibility index (Phi) is 9.97. The second-order valence-electron chi connectivity index (χ2n) is 7.47. The van der Waals surface area contributed by atoms with Crippen LogP contribution in [0, 0.1) is 0 Å². The maximum absolute atomic E-state index is 12.4.